The van der Waals surface area contributed by atoms with Crippen LogP contribution in [0, 0.1) is 0 Å². The minimum absolute atomic E-state index is 1.14. The van der Waals surface area contributed by atoms with Crippen molar-refractivity contribution in [2.45, 2.75) is 0 Å². The molecule has 0 saturated carbocycles. The summed E-state index contributed by atoms with van der Waals surface area (Å²) >= 11 is 3.74. The van der Waals surface area contributed by atoms with E-state index >= 15 is 0 Å². The van der Waals surface area contributed by atoms with Crippen molar-refractivity contribution in [2.75, 3.05) is 9.80 Å². The number of hydrogen-bond acceptors (Lipinski definition) is 4. The molecule has 2 heterocycles. The molecule has 8 aromatic carbocycles. The Labute approximate surface area is 298 Å². The SMILES string of the molecule is c1ccc(N(c2ccccc2)c2ccc3sc4cc(N(c5ccccc5)c5ccc6c(c5)sc5ccccc56)c5ccccc5c4c3c2)cc1. The highest BCUT2D eigenvalue weighted by Crippen LogP contribution is 2.48. The van der Waals surface area contributed by atoms with Crippen LogP contribution in [-0.4, -0.2) is 0 Å². The number of para-hydroxylation sites is 3. The first-order valence-corrected chi connectivity index (χ1v) is 18.5. The molecule has 0 fully saturated rings. The molecule has 0 spiro atoms. The molecule has 2 nitrogen and oxygen atoms in total. The van der Waals surface area contributed by atoms with Crippen LogP contribution in [0.2, 0.25) is 0 Å². The molecule has 0 N–H and O–H groups in total. The monoisotopic (exact) mass is 674 g/mol. The Morgan fingerprint density at radius 3 is 1.48 bits per heavy atom. The topological polar surface area (TPSA) is 6.48 Å². The van der Waals surface area contributed by atoms with Gasteiger partial charge >= 0.3 is 0 Å². The standard InChI is InChI=1S/C46H30N2S2/c1-4-14-31(15-5-1)47(32-16-6-2-7-17-32)34-25-27-43-40(28-34)46-39-22-11-10-20-36(39)41(30-45(46)50-43)48(33-18-8-3-9-19-33)35-24-26-38-37-21-12-13-23-42(37)49-44(38)29-35/h1-30H. The zero-order chi connectivity index (χ0) is 33.0. The van der Waals surface area contributed by atoms with E-state index in [2.05, 4.69) is 192 Å². The Morgan fingerprint density at radius 1 is 0.280 bits per heavy atom. The smallest absolute Gasteiger partial charge is 0.0554 e. The van der Waals surface area contributed by atoms with Crippen LogP contribution in [0.3, 0.4) is 0 Å². The third-order valence-electron chi connectivity index (χ3n) is 9.60. The lowest BCUT2D eigenvalue weighted by Gasteiger charge is -2.27. The summed E-state index contributed by atoms with van der Waals surface area (Å²) in [7, 11) is 0. The molecule has 0 unspecified atom stereocenters. The zero-order valence-electron chi connectivity index (χ0n) is 27.0. The highest BCUT2D eigenvalue weighted by atomic mass is 32.1. The molecule has 10 aromatic rings. The Bertz CT molecular complexity index is 2780. The molecule has 10 rings (SSSR count). The molecule has 0 amide bonds. The van der Waals surface area contributed by atoms with Crippen molar-refractivity contribution < 1.29 is 0 Å². The summed E-state index contributed by atoms with van der Waals surface area (Å²) in [4.78, 5) is 4.79. The average Bonchev–Trinajstić information content (AvgIpc) is 3.74. The molecule has 4 heteroatoms. The first-order valence-electron chi connectivity index (χ1n) is 16.8. The molecule has 50 heavy (non-hydrogen) atoms. The van der Waals surface area contributed by atoms with E-state index in [-0.39, 0.29) is 0 Å². The van der Waals surface area contributed by atoms with E-state index in [1.54, 1.807) is 0 Å². The number of hydrogen-bond donors (Lipinski definition) is 0. The summed E-state index contributed by atoms with van der Waals surface area (Å²) in [5, 5.41) is 7.70. The van der Waals surface area contributed by atoms with E-state index < -0.39 is 0 Å². The molecule has 0 bridgehead atoms. The van der Waals surface area contributed by atoms with Gasteiger partial charge in [0.2, 0.25) is 0 Å². The number of rotatable bonds is 6. The molecule has 0 aliphatic carbocycles. The van der Waals surface area contributed by atoms with Crippen molar-refractivity contribution >= 4 is 108 Å². The molecule has 2 aromatic heterocycles. The van der Waals surface area contributed by atoms with Gasteiger partial charge in [0.05, 0.1) is 5.69 Å². The summed E-state index contributed by atoms with van der Waals surface area (Å²) in [6.07, 6.45) is 0. The number of nitrogens with zero attached hydrogens (tertiary/aromatic N) is 2. The lowest BCUT2D eigenvalue weighted by atomic mass is 10.00. The van der Waals surface area contributed by atoms with Crippen LogP contribution in [0.25, 0.3) is 51.1 Å². The third-order valence-corrected chi connectivity index (χ3v) is 11.9. The lowest BCUT2D eigenvalue weighted by molar-refractivity contribution is 1.29. The second-order valence-electron chi connectivity index (χ2n) is 12.6. The number of benzene rings is 8. The van der Waals surface area contributed by atoms with Crippen LogP contribution in [0.1, 0.15) is 0 Å². The first kappa shape index (κ1) is 29.0. The van der Waals surface area contributed by atoms with Gasteiger partial charge in [0, 0.05) is 74.2 Å². The van der Waals surface area contributed by atoms with Gasteiger partial charge < -0.3 is 9.80 Å². The highest BCUT2D eigenvalue weighted by molar-refractivity contribution is 7.26. The normalized spacial score (nSPS) is 11.6. The minimum Gasteiger partial charge on any atom is -0.310 e. The summed E-state index contributed by atoms with van der Waals surface area (Å²) in [6, 6.07) is 66.0. The summed E-state index contributed by atoms with van der Waals surface area (Å²) in [5.41, 5.74) is 6.90. The van der Waals surface area contributed by atoms with Crippen molar-refractivity contribution in [3.05, 3.63) is 182 Å². The highest BCUT2D eigenvalue weighted by Gasteiger charge is 2.21. The lowest BCUT2D eigenvalue weighted by Crippen LogP contribution is -2.10. The minimum atomic E-state index is 1.14. The van der Waals surface area contributed by atoms with Crippen LogP contribution in [0.4, 0.5) is 34.1 Å². The van der Waals surface area contributed by atoms with E-state index in [0.717, 1.165) is 28.4 Å². The van der Waals surface area contributed by atoms with Crippen molar-refractivity contribution in [3.8, 4) is 0 Å². The second-order valence-corrected chi connectivity index (χ2v) is 14.7. The van der Waals surface area contributed by atoms with E-state index in [4.69, 9.17) is 0 Å². The fourth-order valence-electron chi connectivity index (χ4n) is 7.39. The summed E-state index contributed by atoms with van der Waals surface area (Å²) < 4.78 is 5.18. The molecule has 236 valence electrons. The van der Waals surface area contributed by atoms with Gasteiger partial charge in [-0.15, -0.1) is 22.7 Å². The predicted octanol–water partition coefficient (Wildman–Crippen LogP) is 14.5. The first-order chi connectivity index (χ1) is 24.8. The quantitative estimate of drug-likeness (QED) is 0.173. The Hall–Kier alpha value is -5.94. The Morgan fingerprint density at radius 2 is 0.780 bits per heavy atom. The van der Waals surface area contributed by atoms with Gasteiger partial charge in [-0.3, -0.25) is 0 Å². The second kappa shape index (κ2) is 11.9. The predicted molar refractivity (Wildman–Crippen MR) is 219 cm³/mol. The number of thiophene rings is 2. The maximum Gasteiger partial charge on any atom is 0.0554 e. The van der Waals surface area contributed by atoms with Crippen molar-refractivity contribution in [1.82, 2.24) is 0 Å². The fraction of sp³-hybridized carbons (Fsp3) is 0. The van der Waals surface area contributed by atoms with Gasteiger partial charge in [0.25, 0.3) is 0 Å². The van der Waals surface area contributed by atoms with E-state index in [9.17, 15) is 0 Å². The van der Waals surface area contributed by atoms with Crippen LogP contribution in [0.15, 0.2) is 182 Å². The van der Waals surface area contributed by atoms with Crippen molar-refractivity contribution in [1.29, 1.82) is 0 Å². The van der Waals surface area contributed by atoms with Crippen molar-refractivity contribution in [3.63, 3.8) is 0 Å². The average molecular weight is 675 g/mol. The largest absolute Gasteiger partial charge is 0.310 e. The Balaban J connectivity index is 1.20. The molecule has 0 aliphatic heterocycles. The van der Waals surface area contributed by atoms with Gasteiger partial charge in [-0.05, 0) is 84.2 Å². The van der Waals surface area contributed by atoms with Crippen LogP contribution in [-0.2, 0) is 0 Å². The number of fused-ring (bicyclic) bond motifs is 8. The van der Waals surface area contributed by atoms with Crippen LogP contribution in [0.5, 0.6) is 0 Å². The maximum absolute atomic E-state index is 2.44. The van der Waals surface area contributed by atoms with E-state index in [1.807, 2.05) is 22.7 Å². The zero-order valence-corrected chi connectivity index (χ0v) is 28.7. The molecule has 0 aliphatic rings. The van der Waals surface area contributed by atoms with E-state index in [1.165, 1.54) is 56.8 Å². The summed E-state index contributed by atoms with van der Waals surface area (Å²) in [6.45, 7) is 0. The van der Waals surface area contributed by atoms with Gasteiger partial charge in [-0.2, -0.15) is 0 Å². The van der Waals surface area contributed by atoms with Crippen LogP contribution < -0.4 is 9.80 Å². The molecular weight excluding hydrogens is 645 g/mol. The molecule has 0 saturated heterocycles. The van der Waals surface area contributed by atoms with Gasteiger partial charge in [-0.25, -0.2) is 0 Å². The van der Waals surface area contributed by atoms with Gasteiger partial charge in [-0.1, -0.05) is 103 Å². The van der Waals surface area contributed by atoms with Crippen molar-refractivity contribution in [2.24, 2.45) is 0 Å². The fourth-order valence-corrected chi connectivity index (χ4v) is 9.67. The third kappa shape index (κ3) is 4.76. The van der Waals surface area contributed by atoms with Crippen LogP contribution >= 0.6 is 22.7 Å². The number of anilines is 6. The maximum atomic E-state index is 2.44. The molecular formula is C46H30N2S2. The van der Waals surface area contributed by atoms with E-state index in [0.29, 0.717) is 0 Å². The van der Waals surface area contributed by atoms with Gasteiger partial charge in [0.15, 0.2) is 0 Å². The van der Waals surface area contributed by atoms with Gasteiger partial charge in [0.1, 0.15) is 0 Å². The Kier molecular flexibility index (Phi) is 6.90. The summed E-state index contributed by atoms with van der Waals surface area (Å²) in [5.74, 6) is 0. The molecule has 0 radical (unpaired) electrons. The molecule has 0 atom stereocenters.